The van der Waals surface area contributed by atoms with Crippen molar-refractivity contribution < 1.29 is 9.53 Å². The number of thioether (sulfide) groups is 1. The zero-order valence-electron chi connectivity index (χ0n) is 11.3. The maximum absolute atomic E-state index is 12.2. The maximum atomic E-state index is 12.2. The monoisotopic (exact) mass is 284 g/mol. The Labute approximate surface area is 123 Å². The van der Waals surface area contributed by atoms with Crippen molar-refractivity contribution in [3.05, 3.63) is 66.2 Å². The Morgan fingerprint density at radius 2 is 1.65 bits per heavy atom. The largest absolute Gasteiger partial charge is 0.456 e. The summed E-state index contributed by atoms with van der Waals surface area (Å²) in [5.41, 5.74) is 1.07. The molecule has 0 N–H and O–H groups in total. The van der Waals surface area contributed by atoms with Gasteiger partial charge >= 0.3 is 5.97 Å². The summed E-state index contributed by atoms with van der Waals surface area (Å²) in [7, 11) is 0. The van der Waals surface area contributed by atoms with Gasteiger partial charge in [0.25, 0.3) is 0 Å². The Kier molecular flexibility index (Phi) is 3.53. The van der Waals surface area contributed by atoms with Gasteiger partial charge in [-0.2, -0.15) is 0 Å². The molecule has 0 saturated carbocycles. The minimum atomic E-state index is -0.512. The molecule has 3 rings (SSSR count). The van der Waals surface area contributed by atoms with E-state index in [1.807, 2.05) is 67.6 Å². The Hall–Kier alpha value is -1.74. The molecular formula is C17H16O2S. The van der Waals surface area contributed by atoms with Crippen LogP contribution in [-0.2, 0) is 9.53 Å². The number of esters is 1. The van der Waals surface area contributed by atoms with E-state index in [1.165, 1.54) is 0 Å². The van der Waals surface area contributed by atoms with E-state index in [4.69, 9.17) is 4.74 Å². The Bertz CT molecular complexity index is 597. The molecule has 3 heteroatoms. The highest BCUT2D eigenvalue weighted by molar-refractivity contribution is 8.01. The first kappa shape index (κ1) is 13.3. The lowest BCUT2D eigenvalue weighted by Crippen LogP contribution is -2.25. The van der Waals surface area contributed by atoms with Crippen LogP contribution in [0, 0.1) is 0 Å². The van der Waals surface area contributed by atoms with Crippen molar-refractivity contribution in [3.63, 3.8) is 0 Å². The van der Waals surface area contributed by atoms with Crippen molar-refractivity contribution in [2.45, 2.75) is 29.1 Å². The number of ether oxygens (including phenoxy) is 1. The van der Waals surface area contributed by atoms with Gasteiger partial charge in [-0.1, -0.05) is 48.5 Å². The number of carbonyl (C=O) groups excluding carboxylic acids is 1. The summed E-state index contributed by atoms with van der Waals surface area (Å²) in [5.74, 6) is -0.125. The molecule has 20 heavy (non-hydrogen) atoms. The van der Waals surface area contributed by atoms with E-state index in [2.05, 4.69) is 0 Å². The first-order valence-corrected chi connectivity index (χ1v) is 7.49. The second-order valence-corrected chi connectivity index (χ2v) is 6.73. The van der Waals surface area contributed by atoms with E-state index >= 15 is 0 Å². The van der Waals surface area contributed by atoms with Crippen molar-refractivity contribution in [3.8, 4) is 0 Å². The highest BCUT2D eigenvalue weighted by Gasteiger charge is 2.46. The Morgan fingerprint density at radius 3 is 2.30 bits per heavy atom. The van der Waals surface area contributed by atoms with Crippen molar-refractivity contribution in [1.82, 2.24) is 0 Å². The van der Waals surface area contributed by atoms with Gasteiger partial charge in [-0.3, -0.25) is 4.79 Å². The van der Waals surface area contributed by atoms with Gasteiger partial charge in [-0.25, -0.2) is 0 Å². The zero-order chi connectivity index (χ0) is 14.0. The standard InChI is InChI=1S/C17H16O2S/c1-17(20-14-10-6-3-7-11-14)12-15(19-16(17)18)13-8-4-2-5-9-13/h2-11,15H,12H2,1H3/t15-,17-/m0/s1. The first-order valence-electron chi connectivity index (χ1n) is 6.67. The molecule has 0 spiro atoms. The smallest absolute Gasteiger partial charge is 0.323 e. The van der Waals surface area contributed by atoms with Crippen LogP contribution in [-0.4, -0.2) is 10.7 Å². The molecule has 102 valence electrons. The quantitative estimate of drug-likeness (QED) is 0.789. The van der Waals surface area contributed by atoms with Crippen molar-refractivity contribution in [1.29, 1.82) is 0 Å². The summed E-state index contributed by atoms with van der Waals surface area (Å²) < 4.78 is 5.06. The van der Waals surface area contributed by atoms with Crippen LogP contribution in [0.4, 0.5) is 0 Å². The van der Waals surface area contributed by atoms with Crippen LogP contribution < -0.4 is 0 Å². The molecule has 1 aliphatic rings. The second-order valence-electron chi connectivity index (χ2n) is 5.15. The molecule has 0 amide bonds. The predicted octanol–water partition coefficient (Wildman–Crippen LogP) is 4.23. The molecule has 0 aromatic heterocycles. The van der Waals surface area contributed by atoms with Crippen LogP contribution in [0.5, 0.6) is 0 Å². The maximum Gasteiger partial charge on any atom is 0.323 e. The molecule has 0 unspecified atom stereocenters. The summed E-state index contributed by atoms with van der Waals surface area (Å²) >= 11 is 1.59. The molecule has 0 bridgehead atoms. The number of cyclic esters (lactones) is 1. The molecule has 2 nitrogen and oxygen atoms in total. The van der Waals surface area contributed by atoms with Crippen molar-refractivity contribution in [2.24, 2.45) is 0 Å². The van der Waals surface area contributed by atoms with Gasteiger partial charge in [0.15, 0.2) is 0 Å². The van der Waals surface area contributed by atoms with Crippen LogP contribution in [0.3, 0.4) is 0 Å². The highest BCUT2D eigenvalue weighted by atomic mass is 32.2. The number of carbonyl (C=O) groups is 1. The number of hydrogen-bond donors (Lipinski definition) is 0. The van der Waals surface area contributed by atoms with Gasteiger partial charge in [-0.05, 0) is 24.6 Å². The number of hydrogen-bond acceptors (Lipinski definition) is 3. The van der Waals surface area contributed by atoms with Gasteiger partial charge in [0.05, 0.1) is 0 Å². The average molecular weight is 284 g/mol. The van der Waals surface area contributed by atoms with E-state index in [-0.39, 0.29) is 12.1 Å². The van der Waals surface area contributed by atoms with Gasteiger partial charge in [-0.15, -0.1) is 11.8 Å². The lowest BCUT2D eigenvalue weighted by Gasteiger charge is -2.18. The second kappa shape index (κ2) is 5.33. The van der Waals surface area contributed by atoms with Crippen LogP contribution in [0.25, 0.3) is 0 Å². The van der Waals surface area contributed by atoms with Crippen molar-refractivity contribution in [2.75, 3.05) is 0 Å². The van der Waals surface area contributed by atoms with E-state index in [9.17, 15) is 4.79 Å². The third kappa shape index (κ3) is 2.59. The van der Waals surface area contributed by atoms with E-state index in [0.29, 0.717) is 6.42 Å². The van der Waals surface area contributed by atoms with Crippen LogP contribution in [0.15, 0.2) is 65.6 Å². The minimum absolute atomic E-state index is 0.125. The fourth-order valence-corrected chi connectivity index (χ4v) is 3.60. The molecule has 0 aliphatic carbocycles. The van der Waals surface area contributed by atoms with Gasteiger partial charge in [0.1, 0.15) is 10.9 Å². The summed E-state index contributed by atoms with van der Waals surface area (Å²) in [4.78, 5) is 13.3. The zero-order valence-corrected chi connectivity index (χ0v) is 12.1. The third-order valence-electron chi connectivity index (χ3n) is 3.51. The molecule has 1 aliphatic heterocycles. The third-order valence-corrected chi connectivity index (χ3v) is 4.81. The van der Waals surface area contributed by atoms with Gasteiger partial charge in [0, 0.05) is 11.3 Å². The SMILES string of the molecule is C[C@]1(Sc2ccccc2)C[C@@H](c2ccccc2)OC1=O. The molecular weight excluding hydrogens is 268 g/mol. The lowest BCUT2D eigenvalue weighted by atomic mass is 10.0. The Morgan fingerprint density at radius 1 is 1.05 bits per heavy atom. The summed E-state index contributed by atoms with van der Waals surface area (Å²) in [6.45, 7) is 1.97. The van der Waals surface area contributed by atoms with E-state index in [0.717, 1.165) is 10.5 Å². The lowest BCUT2D eigenvalue weighted by molar-refractivity contribution is -0.143. The summed E-state index contributed by atoms with van der Waals surface area (Å²) in [6, 6.07) is 19.9. The van der Waals surface area contributed by atoms with Crippen LogP contribution in [0.2, 0.25) is 0 Å². The Balaban J connectivity index is 1.79. The molecule has 2 aromatic rings. The van der Waals surface area contributed by atoms with Crippen LogP contribution >= 0.6 is 11.8 Å². The molecule has 2 atom stereocenters. The van der Waals surface area contributed by atoms with Gasteiger partial charge < -0.3 is 4.74 Å². The summed E-state index contributed by atoms with van der Waals surface area (Å²) in [5, 5.41) is 0. The fraction of sp³-hybridized carbons (Fsp3) is 0.235. The normalized spacial score (nSPS) is 25.4. The van der Waals surface area contributed by atoms with E-state index < -0.39 is 4.75 Å². The molecule has 1 saturated heterocycles. The minimum Gasteiger partial charge on any atom is -0.456 e. The topological polar surface area (TPSA) is 26.3 Å². The number of rotatable bonds is 3. The molecule has 2 aromatic carbocycles. The number of benzene rings is 2. The average Bonchev–Trinajstić information content (AvgIpc) is 2.77. The fourth-order valence-electron chi connectivity index (χ4n) is 2.42. The van der Waals surface area contributed by atoms with Crippen LogP contribution in [0.1, 0.15) is 25.0 Å². The molecule has 0 radical (unpaired) electrons. The molecule has 1 heterocycles. The predicted molar refractivity (Wildman–Crippen MR) is 80.6 cm³/mol. The molecule has 1 fully saturated rings. The first-order chi connectivity index (χ1) is 9.67. The highest BCUT2D eigenvalue weighted by Crippen LogP contribution is 2.46. The van der Waals surface area contributed by atoms with Gasteiger partial charge in [0.2, 0.25) is 0 Å². The van der Waals surface area contributed by atoms with Crippen molar-refractivity contribution >= 4 is 17.7 Å². The van der Waals surface area contributed by atoms with E-state index in [1.54, 1.807) is 11.8 Å². The summed E-state index contributed by atoms with van der Waals surface area (Å²) in [6.07, 6.45) is 0.569.